The molecule has 1 saturated heterocycles. The molecule has 1 aliphatic rings. The highest BCUT2D eigenvalue weighted by Crippen LogP contribution is 2.35. The van der Waals surface area contributed by atoms with Gasteiger partial charge in [0.2, 0.25) is 11.8 Å². The number of aromatic nitrogens is 4. The van der Waals surface area contributed by atoms with E-state index in [1.807, 2.05) is 61.5 Å². The molecule has 3 N–H and O–H groups in total. The quantitative estimate of drug-likeness (QED) is 0.103. The van der Waals surface area contributed by atoms with Gasteiger partial charge < -0.3 is 24.8 Å². The first-order valence-corrected chi connectivity index (χ1v) is 20.8. The molecule has 1 fully saturated rings. The number of hydrogen-bond donors (Lipinski definition) is 3. The van der Waals surface area contributed by atoms with Gasteiger partial charge in [0.1, 0.15) is 17.3 Å². The van der Waals surface area contributed by atoms with E-state index >= 15 is 0 Å². The van der Waals surface area contributed by atoms with Crippen molar-refractivity contribution in [2.75, 3.05) is 61.7 Å². The van der Waals surface area contributed by atoms with Crippen molar-refractivity contribution < 1.29 is 27.4 Å². The molecule has 0 radical (unpaired) electrons. The maximum Gasteiger partial charge on any atom is 0.324 e. The first-order chi connectivity index (χ1) is 27.8. The second kappa shape index (κ2) is 17.2. The molecule has 0 bridgehead atoms. The van der Waals surface area contributed by atoms with Gasteiger partial charge in [0.15, 0.2) is 9.84 Å². The minimum Gasteiger partial charge on any atom is -0.497 e. The summed E-state index contributed by atoms with van der Waals surface area (Å²) >= 11 is 0. The van der Waals surface area contributed by atoms with Crippen LogP contribution in [0.3, 0.4) is 0 Å². The maximum absolute atomic E-state index is 13.5. The predicted molar refractivity (Wildman–Crippen MR) is 226 cm³/mol. The smallest absolute Gasteiger partial charge is 0.324 e. The number of nitrogens with zero attached hydrogens (tertiary/aromatic N) is 5. The highest BCUT2D eigenvalue weighted by atomic mass is 32.2. The first kappa shape index (κ1) is 40.2. The number of ether oxygens (including phenoxy) is 3. The van der Waals surface area contributed by atoms with E-state index in [1.54, 1.807) is 41.2 Å². The molecule has 7 rings (SSSR count). The Morgan fingerprint density at radius 1 is 0.914 bits per heavy atom. The van der Waals surface area contributed by atoms with Crippen LogP contribution in [0.1, 0.15) is 38.4 Å². The van der Waals surface area contributed by atoms with Crippen molar-refractivity contribution in [1.29, 1.82) is 0 Å². The Bertz CT molecular complexity index is 2510. The van der Waals surface area contributed by atoms with E-state index < -0.39 is 15.9 Å². The number of benzene rings is 4. The van der Waals surface area contributed by atoms with Crippen LogP contribution in [-0.4, -0.2) is 84.8 Å². The lowest BCUT2D eigenvalue weighted by molar-refractivity contribution is 0.0381. The average molecular weight is 805 g/mol. The van der Waals surface area contributed by atoms with E-state index in [1.165, 1.54) is 13.2 Å². The zero-order chi connectivity index (χ0) is 40.9. The Labute approximate surface area is 338 Å². The molecule has 0 unspecified atom stereocenters. The van der Waals surface area contributed by atoms with Gasteiger partial charge in [-0.3, -0.25) is 10.2 Å². The molecule has 6 aromatic rings. The first-order valence-electron chi connectivity index (χ1n) is 19.1. The van der Waals surface area contributed by atoms with E-state index in [0.717, 1.165) is 40.8 Å². The van der Waals surface area contributed by atoms with Crippen molar-refractivity contribution in [3.63, 3.8) is 0 Å². The summed E-state index contributed by atoms with van der Waals surface area (Å²) in [7, 11) is -2.11. The molecule has 4 aromatic carbocycles. The molecular formula is C43H48N8O6S. The molecule has 302 valence electrons. The van der Waals surface area contributed by atoms with Crippen LogP contribution in [0, 0.1) is 6.92 Å². The fraction of sp³-hybridized carbons (Fsp3) is 0.302. The van der Waals surface area contributed by atoms with Crippen LogP contribution < -0.4 is 25.4 Å². The van der Waals surface area contributed by atoms with Crippen LogP contribution in [-0.2, 0) is 20.0 Å². The number of sulfone groups is 1. The summed E-state index contributed by atoms with van der Waals surface area (Å²) in [6.07, 6.45) is 2.05. The summed E-state index contributed by atoms with van der Waals surface area (Å²) in [5, 5.41) is 15.4. The number of carbonyl (C=O) groups is 1. The number of fused-ring (bicyclic) bond motifs is 1. The molecule has 2 aromatic heterocycles. The van der Waals surface area contributed by atoms with Gasteiger partial charge in [-0.05, 0) is 56.3 Å². The van der Waals surface area contributed by atoms with Crippen LogP contribution in [0.25, 0.3) is 16.5 Å². The molecule has 3 heterocycles. The van der Waals surface area contributed by atoms with Crippen LogP contribution in [0.2, 0.25) is 0 Å². The van der Waals surface area contributed by atoms with Crippen LogP contribution in [0.5, 0.6) is 17.4 Å². The predicted octanol–water partition coefficient (Wildman–Crippen LogP) is 8.11. The summed E-state index contributed by atoms with van der Waals surface area (Å²) in [6, 6.07) is 26.9. The molecule has 0 aliphatic carbocycles. The highest BCUT2D eigenvalue weighted by Gasteiger charge is 2.23. The topological polar surface area (TPSA) is 162 Å². The van der Waals surface area contributed by atoms with Gasteiger partial charge in [-0.2, -0.15) is 10.1 Å². The van der Waals surface area contributed by atoms with Crippen molar-refractivity contribution in [2.24, 2.45) is 0 Å². The van der Waals surface area contributed by atoms with E-state index in [4.69, 9.17) is 19.3 Å². The SMILES string of the molecule is COc1cc(Nc2nccc(Oc3ccc(NC(=O)Nc4cc(C(C)(C)C)nn4-c4ccc(C)cc4)c4ccccc34)n2)cc(S(=O)(=O)CCCN2CCOCC2)c1. The van der Waals surface area contributed by atoms with Crippen molar-refractivity contribution in [3.05, 3.63) is 108 Å². The van der Waals surface area contributed by atoms with Crippen molar-refractivity contribution in [1.82, 2.24) is 24.6 Å². The second-order valence-electron chi connectivity index (χ2n) is 15.1. The molecule has 58 heavy (non-hydrogen) atoms. The standard InChI is InChI=1S/C43H48N8O6S/c1-29-11-13-31(14-12-29)51-39(28-38(49-51)43(2,3)4)47-42(52)46-36-15-16-37(35-10-7-6-9-34(35)36)57-40-17-18-44-41(48-40)45-30-25-32(55-5)27-33(26-30)58(53,54)24-8-19-50-20-22-56-23-21-50/h6-7,9-18,25-28H,8,19-24H2,1-5H3,(H,44,45,48)(H2,46,47,52). The van der Waals surface area contributed by atoms with Gasteiger partial charge in [0, 0.05) is 59.4 Å². The third kappa shape index (κ3) is 9.73. The summed E-state index contributed by atoms with van der Waals surface area (Å²) in [4.78, 5) is 24.8. The Kier molecular flexibility index (Phi) is 11.9. The van der Waals surface area contributed by atoms with Gasteiger partial charge in [-0.25, -0.2) is 22.9 Å². The monoisotopic (exact) mass is 804 g/mol. The number of aryl methyl sites for hydroxylation is 1. The molecule has 0 atom stereocenters. The third-order valence-corrected chi connectivity index (χ3v) is 11.5. The number of methoxy groups -OCH3 is 1. The number of morpholine rings is 1. The van der Waals surface area contributed by atoms with Crippen molar-refractivity contribution in [2.45, 2.75) is 44.4 Å². The van der Waals surface area contributed by atoms with E-state index in [9.17, 15) is 13.2 Å². The molecular weight excluding hydrogens is 757 g/mol. The summed E-state index contributed by atoms with van der Waals surface area (Å²) in [5.41, 5.74) is 3.58. The minimum atomic E-state index is -3.60. The van der Waals surface area contributed by atoms with Crippen molar-refractivity contribution in [3.8, 4) is 23.1 Å². The van der Waals surface area contributed by atoms with Gasteiger partial charge in [-0.15, -0.1) is 0 Å². The van der Waals surface area contributed by atoms with Crippen LogP contribution >= 0.6 is 0 Å². The normalized spacial score (nSPS) is 13.6. The Morgan fingerprint density at radius 3 is 2.41 bits per heavy atom. The third-order valence-electron chi connectivity index (χ3n) is 9.70. The Balaban J connectivity index is 1.06. The summed E-state index contributed by atoms with van der Waals surface area (Å²) < 4.78 is 45.6. The highest BCUT2D eigenvalue weighted by molar-refractivity contribution is 7.91. The second-order valence-corrected chi connectivity index (χ2v) is 17.2. The molecule has 2 amide bonds. The van der Waals surface area contributed by atoms with Gasteiger partial charge in [0.25, 0.3) is 0 Å². The average Bonchev–Trinajstić information content (AvgIpc) is 3.64. The van der Waals surface area contributed by atoms with Crippen LogP contribution in [0.4, 0.5) is 27.9 Å². The number of rotatable bonds is 13. The van der Waals surface area contributed by atoms with E-state index in [-0.39, 0.29) is 27.9 Å². The fourth-order valence-electron chi connectivity index (χ4n) is 6.52. The number of anilines is 4. The lowest BCUT2D eigenvalue weighted by atomic mass is 9.92. The van der Waals surface area contributed by atoms with E-state index in [0.29, 0.717) is 54.9 Å². The van der Waals surface area contributed by atoms with Crippen LogP contribution in [0.15, 0.2) is 102 Å². The van der Waals surface area contributed by atoms with Gasteiger partial charge in [0.05, 0.1) is 48.0 Å². The number of amides is 2. The Morgan fingerprint density at radius 2 is 1.67 bits per heavy atom. The molecule has 15 heteroatoms. The fourth-order valence-corrected chi connectivity index (χ4v) is 7.87. The molecule has 1 aliphatic heterocycles. The maximum atomic E-state index is 13.5. The molecule has 0 saturated carbocycles. The van der Waals surface area contributed by atoms with Crippen molar-refractivity contribution >= 4 is 49.8 Å². The number of carbonyl (C=O) groups excluding carboxylic acids is 1. The largest absolute Gasteiger partial charge is 0.497 e. The van der Waals surface area contributed by atoms with Gasteiger partial charge >= 0.3 is 6.03 Å². The number of hydrogen-bond acceptors (Lipinski definition) is 11. The Hall–Kier alpha value is -6.03. The minimum absolute atomic E-state index is 0.00167. The van der Waals surface area contributed by atoms with Gasteiger partial charge in [-0.1, -0.05) is 62.7 Å². The molecule has 14 nitrogen and oxygen atoms in total. The van der Waals surface area contributed by atoms with E-state index in [2.05, 4.69) is 51.6 Å². The lowest BCUT2D eigenvalue weighted by Gasteiger charge is -2.26. The summed E-state index contributed by atoms with van der Waals surface area (Å²) in [6.45, 7) is 11.9. The zero-order valence-electron chi connectivity index (χ0n) is 33.3. The molecule has 0 spiro atoms. The summed E-state index contributed by atoms with van der Waals surface area (Å²) in [5.74, 6) is 1.87. The number of nitrogens with one attached hydrogen (secondary N) is 3. The zero-order valence-corrected chi connectivity index (χ0v) is 34.1. The number of urea groups is 1. The lowest BCUT2D eigenvalue weighted by Crippen LogP contribution is -2.37.